The van der Waals surface area contributed by atoms with Crippen LogP contribution >= 0.6 is 11.3 Å². The number of rotatable bonds is 5. The van der Waals surface area contributed by atoms with Gasteiger partial charge in [-0.3, -0.25) is 4.79 Å². The molecule has 1 N–H and O–H groups in total. The van der Waals surface area contributed by atoms with Crippen LogP contribution in [-0.4, -0.2) is 30.6 Å². The molecule has 0 bridgehead atoms. The fraction of sp³-hybridized carbons (Fsp3) is 0.300. The van der Waals surface area contributed by atoms with Gasteiger partial charge >= 0.3 is 0 Å². The van der Waals surface area contributed by atoms with Crippen LogP contribution in [0.5, 0.6) is 0 Å². The van der Waals surface area contributed by atoms with Gasteiger partial charge in [-0.15, -0.1) is 11.3 Å². The first-order chi connectivity index (χ1) is 13.2. The number of hydrogen-bond donors (Lipinski definition) is 1. The Morgan fingerprint density at radius 3 is 2.85 bits per heavy atom. The molecule has 4 rings (SSSR count). The van der Waals surface area contributed by atoms with E-state index in [2.05, 4.69) is 10.3 Å². The molecular formula is C20H19FN2O3S. The lowest BCUT2D eigenvalue weighted by molar-refractivity contribution is 0.0486. The molecular weight excluding hydrogens is 367 g/mol. The number of ether oxygens (including phenoxy) is 1. The van der Waals surface area contributed by atoms with Gasteiger partial charge in [-0.1, -0.05) is 12.1 Å². The van der Waals surface area contributed by atoms with Crippen molar-refractivity contribution in [2.75, 3.05) is 19.8 Å². The Labute approximate surface area is 160 Å². The Balaban J connectivity index is 1.50. The summed E-state index contributed by atoms with van der Waals surface area (Å²) >= 11 is 1.36. The lowest BCUT2D eigenvalue weighted by atomic mass is 9.74. The minimum absolute atomic E-state index is 0.244. The molecule has 1 aromatic carbocycles. The largest absolute Gasteiger partial charge is 0.462 e. The van der Waals surface area contributed by atoms with Crippen LogP contribution < -0.4 is 5.32 Å². The molecule has 1 aliphatic rings. The van der Waals surface area contributed by atoms with Crippen LogP contribution in [-0.2, 0) is 10.2 Å². The van der Waals surface area contributed by atoms with Gasteiger partial charge in [-0.25, -0.2) is 9.37 Å². The van der Waals surface area contributed by atoms with Gasteiger partial charge in [0.1, 0.15) is 11.5 Å². The summed E-state index contributed by atoms with van der Waals surface area (Å²) in [5, 5.41) is 5.36. The number of aromatic nitrogens is 1. The maximum Gasteiger partial charge on any atom is 0.270 e. The van der Waals surface area contributed by atoms with Gasteiger partial charge in [0.15, 0.2) is 10.8 Å². The van der Waals surface area contributed by atoms with Crippen LogP contribution in [0.3, 0.4) is 0 Å². The van der Waals surface area contributed by atoms with E-state index >= 15 is 0 Å². The molecule has 0 saturated carbocycles. The number of halogens is 1. The first-order valence-electron chi connectivity index (χ1n) is 8.78. The van der Waals surface area contributed by atoms with Crippen molar-refractivity contribution in [3.63, 3.8) is 0 Å². The molecule has 3 aromatic rings. The fourth-order valence-corrected chi connectivity index (χ4v) is 4.15. The maximum atomic E-state index is 13.8. The molecule has 2 aromatic heterocycles. The average Bonchev–Trinajstić information content (AvgIpc) is 3.38. The first-order valence-corrected chi connectivity index (χ1v) is 9.66. The van der Waals surface area contributed by atoms with E-state index in [1.807, 2.05) is 12.1 Å². The highest BCUT2D eigenvalue weighted by atomic mass is 32.1. The van der Waals surface area contributed by atoms with E-state index in [4.69, 9.17) is 9.15 Å². The van der Waals surface area contributed by atoms with Crippen LogP contribution in [0.4, 0.5) is 4.39 Å². The molecule has 0 aliphatic carbocycles. The van der Waals surface area contributed by atoms with Gasteiger partial charge in [0.05, 0.1) is 6.26 Å². The smallest absolute Gasteiger partial charge is 0.270 e. The third-order valence-corrected chi connectivity index (χ3v) is 5.80. The van der Waals surface area contributed by atoms with Crippen molar-refractivity contribution >= 4 is 17.2 Å². The van der Waals surface area contributed by atoms with Crippen molar-refractivity contribution in [1.82, 2.24) is 10.3 Å². The number of carbonyl (C=O) groups excluding carboxylic acids is 1. The topological polar surface area (TPSA) is 64.4 Å². The lowest BCUT2D eigenvalue weighted by Gasteiger charge is -2.37. The van der Waals surface area contributed by atoms with Crippen LogP contribution in [0.25, 0.3) is 10.8 Å². The summed E-state index contributed by atoms with van der Waals surface area (Å²) in [5.74, 6) is 0.123. The van der Waals surface area contributed by atoms with Crippen molar-refractivity contribution in [3.05, 3.63) is 65.1 Å². The van der Waals surface area contributed by atoms with Crippen molar-refractivity contribution in [1.29, 1.82) is 0 Å². The number of furan rings is 1. The van der Waals surface area contributed by atoms with Gasteiger partial charge in [0.25, 0.3) is 5.91 Å². The highest BCUT2D eigenvalue weighted by Crippen LogP contribution is 2.34. The molecule has 0 spiro atoms. The molecule has 5 nitrogen and oxygen atoms in total. The van der Waals surface area contributed by atoms with Crippen molar-refractivity contribution < 1.29 is 18.3 Å². The van der Waals surface area contributed by atoms with E-state index in [9.17, 15) is 9.18 Å². The van der Waals surface area contributed by atoms with E-state index in [1.54, 1.807) is 29.8 Å². The zero-order valence-corrected chi connectivity index (χ0v) is 15.4. The van der Waals surface area contributed by atoms with Gasteiger partial charge in [-0.05, 0) is 42.7 Å². The summed E-state index contributed by atoms with van der Waals surface area (Å²) in [6.45, 7) is 1.59. The molecule has 1 amide bonds. The molecule has 7 heteroatoms. The van der Waals surface area contributed by atoms with Crippen molar-refractivity contribution in [2.24, 2.45) is 0 Å². The summed E-state index contributed by atoms with van der Waals surface area (Å²) in [6, 6.07) is 10.2. The van der Waals surface area contributed by atoms with E-state index in [0.29, 0.717) is 36.2 Å². The van der Waals surface area contributed by atoms with Gasteiger partial charge in [0, 0.05) is 30.6 Å². The van der Waals surface area contributed by atoms with E-state index in [1.165, 1.54) is 17.4 Å². The predicted molar refractivity (Wildman–Crippen MR) is 100 cm³/mol. The number of nitrogens with one attached hydrogen (secondary N) is 1. The Hall–Kier alpha value is -2.51. The Kier molecular flexibility index (Phi) is 5.05. The third kappa shape index (κ3) is 3.79. The number of nitrogens with zero attached hydrogens (tertiary/aromatic N) is 1. The highest BCUT2D eigenvalue weighted by Gasteiger charge is 2.35. The standard InChI is InChI=1S/C20H19FN2O3S/c21-15-4-1-3-14(11-15)20(6-9-25-10-7-20)13-22-18(24)16-12-27-19(23-16)17-5-2-8-26-17/h1-5,8,11-12H,6-7,9-10,13H2,(H,22,24). The zero-order valence-electron chi connectivity index (χ0n) is 14.6. The second-order valence-electron chi connectivity index (χ2n) is 6.60. The Bertz CT molecular complexity index is 917. The molecule has 1 fully saturated rings. The summed E-state index contributed by atoms with van der Waals surface area (Å²) < 4.78 is 24.6. The Morgan fingerprint density at radius 1 is 1.26 bits per heavy atom. The van der Waals surface area contributed by atoms with Crippen molar-refractivity contribution in [3.8, 4) is 10.8 Å². The summed E-state index contributed by atoms with van der Waals surface area (Å²) in [4.78, 5) is 17.0. The molecule has 3 heterocycles. The monoisotopic (exact) mass is 386 g/mol. The number of benzene rings is 1. The summed E-state index contributed by atoms with van der Waals surface area (Å²) in [5.41, 5.74) is 0.907. The fourth-order valence-electron chi connectivity index (χ4n) is 3.38. The summed E-state index contributed by atoms with van der Waals surface area (Å²) in [7, 11) is 0. The first kappa shape index (κ1) is 17.9. The second kappa shape index (κ2) is 7.62. The van der Waals surface area contributed by atoms with Gasteiger partial charge in [0.2, 0.25) is 0 Å². The van der Waals surface area contributed by atoms with Crippen LogP contribution in [0, 0.1) is 5.82 Å². The number of amides is 1. The normalized spacial score (nSPS) is 16.2. The molecule has 0 radical (unpaired) electrons. The molecule has 0 atom stereocenters. The minimum atomic E-state index is -0.337. The number of carbonyl (C=O) groups is 1. The van der Waals surface area contributed by atoms with Crippen LogP contribution in [0.1, 0.15) is 28.9 Å². The van der Waals surface area contributed by atoms with Gasteiger partial charge in [-0.2, -0.15) is 0 Å². The molecule has 1 aliphatic heterocycles. The zero-order chi connectivity index (χ0) is 18.7. The SMILES string of the molecule is O=C(NCC1(c2cccc(F)c2)CCOCC1)c1csc(-c2ccco2)n1. The molecule has 1 saturated heterocycles. The summed E-state index contributed by atoms with van der Waals surface area (Å²) in [6.07, 6.45) is 3.03. The number of hydrogen-bond acceptors (Lipinski definition) is 5. The van der Waals surface area contributed by atoms with Gasteiger partial charge < -0.3 is 14.5 Å². The van der Waals surface area contributed by atoms with Crippen molar-refractivity contribution in [2.45, 2.75) is 18.3 Å². The van der Waals surface area contributed by atoms with E-state index in [0.717, 1.165) is 18.4 Å². The Morgan fingerprint density at radius 2 is 2.11 bits per heavy atom. The predicted octanol–water partition coefficient (Wildman–Crippen LogP) is 4.02. The number of thiazole rings is 1. The second-order valence-corrected chi connectivity index (χ2v) is 7.46. The molecule has 27 heavy (non-hydrogen) atoms. The van der Waals surface area contributed by atoms with Crippen LogP contribution in [0.15, 0.2) is 52.5 Å². The minimum Gasteiger partial charge on any atom is -0.462 e. The average molecular weight is 386 g/mol. The molecule has 0 unspecified atom stereocenters. The van der Waals surface area contributed by atoms with E-state index in [-0.39, 0.29) is 17.1 Å². The molecule has 140 valence electrons. The highest BCUT2D eigenvalue weighted by molar-refractivity contribution is 7.13. The van der Waals surface area contributed by atoms with E-state index < -0.39 is 0 Å². The quantitative estimate of drug-likeness (QED) is 0.719. The van der Waals surface area contributed by atoms with Crippen LogP contribution in [0.2, 0.25) is 0 Å². The lowest BCUT2D eigenvalue weighted by Crippen LogP contribution is -2.44. The third-order valence-electron chi connectivity index (χ3n) is 4.94. The maximum absolute atomic E-state index is 13.8.